The quantitative estimate of drug-likeness (QED) is 0.188. The Morgan fingerprint density at radius 2 is 1.71 bits per heavy atom. The summed E-state index contributed by atoms with van der Waals surface area (Å²) < 4.78 is 0. The monoisotopic (exact) mass is 666 g/mol. The van der Waals surface area contributed by atoms with Gasteiger partial charge in [0.2, 0.25) is 23.5 Å². The number of ketones is 1. The van der Waals surface area contributed by atoms with Crippen molar-refractivity contribution in [2.75, 3.05) is 13.1 Å². The molecule has 0 aromatic carbocycles. The van der Waals surface area contributed by atoms with Crippen LogP contribution in [0.5, 0.6) is 0 Å². The highest BCUT2D eigenvalue weighted by atomic mass is 16.2. The molecule has 0 bridgehead atoms. The van der Waals surface area contributed by atoms with Crippen LogP contribution in [0.3, 0.4) is 0 Å². The molecule has 0 spiro atoms. The largest absolute Gasteiger partial charge is 0.347 e. The fraction of sp³-hybridized carbons (Fsp3) is 0.706. The van der Waals surface area contributed by atoms with E-state index in [4.69, 9.17) is 0 Å². The minimum atomic E-state index is -1.02. The molecule has 5 rings (SSSR count). The lowest BCUT2D eigenvalue weighted by Crippen LogP contribution is -2.63. The maximum Gasteiger partial charge on any atom is 0.289 e. The van der Waals surface area contributed by atoms with Gasteiger partial charge >= 0.3 is 0 Å². The lowest BCUT2D eigenvalue weighted by molar-refractivity contribution is -0.145. The molecule has 5 amide bonds. The summed E-state index contributed by atoms with van der Waals surface area (Å²) in [6, 6.07) is -4.19. The molecular weight excluding hydrogens is 616 g/mol. The number of aromatic nitrogens is 2. The van der Waals surface area contributed by atoms with Crippen LogP contribution in [0.2, 0.25) is 0 Å². The molecule has 14 nitrogen and oxygen atoms in total. The average molecular weight is 667 g/mol. The average Bonchev–Trinajstić information content (AvgIpc) is 3.40. The van der Waals surface area contributed by atoms with E-state index in [0.717, 1.165) is 44.9 Å². The van der Waals surface area contributed by atoms with Crippen LogP contribution in [0, 0.1) is 17.3 Å². The van der Waals surface area contributed by atoms with Crippen LogP contribution in [0.25, 0.3) is 0 Å². The molecule has 2 saturated carbocycles. The third kappa shape index (κ3) is 8.19. The number of fused-ring (bicyclic) bond motifs is 1. The number of nitrogens with one attached hydrogen (secondary N) is 5. The van der Waals surface area contributed by atoms with Crippen LogP contribution in [0.4, 0.5) is 0 Å². The second-order valence-corrected chi connectivity index (χ2v) is 14.8. The SMILES string of the molecule is CCC[C@H](NC(=O)[C@@H]1[C@H]2NCCC2CN1C(=O)[C@@H](NC(=O)[C@@H](NC(=O)c1cnccn1)C1CCCC1)C(C)(C)C)C(=O)C(=O)NC1CC1. The van der Waals surface area contributed by atoms with E-state index in [2.05, 4.69) is 36.6 Å². The van der Waals surface area contributed by atoms with Crippen LogP contribution in [0.15, 0.2) is 18.6 Å². The molecule has 4 fully saturated rings. The lowest BCUT2D eigenvalue weighted by Gasteiger charge is -2.37. The summed E-state index contributed by atoms with van der Waals surface area (Å²) in [7, 11) is 0. The van der Waals surface area contributed by atoms with Crippen LogP contribution < -0.4 is 26.6 Å². The molecule has 262 valence electrons. The Labute approximate surface area is 281 Å². The summed E-state index contributed by atoms with van der Waals surface area (Å²) in [6.45, 7) is 8.40. The van der Waals surface area contributed by atoms with E-state index in [1.54, 1.807) is 0 Å². The Kier molecular flexibility index (Phi) is 11.1. The summed E-state index contributed by atoms with van der Waals surface area (Å²) in [5.74, 6) is -3.40. The van der Waals surface area contributed by atoms with Gasteiger partial charge in [-0.25, -0.2) is 4.98 Å². The number of hydrogen-bond acceptors (Lipinski definition) is 9. The van der Waals surface area contributed by atoms with E-state index in [1.807, 2.05) is 27.7 Å². The summed E-state index contributed by atoms with van der Waals surface area (Å²) in [5, 5.41) is 14.7. The van der Waals surface area contributed by atoms with Crippen molar-refractivity contribution < 1.29 is 28.8 Å². The molecule has 2 saturated heterocycles. The van der Waals surface area contributed by atoms with Gasteiger partial charge in [-0.1, -0.05) is 47.0 Å². The predicted octanol–water partition coefficient (Wildman–Crippen LogP) is 0.618. The third-order valence-corrected chi connectivity index (χ3v) is 10.0. The van der Waals surface area contributed by atoms with Gasteiger partial charge in [0.25, 0.3) is 11.8 Å². The number of amides is 5. The molecule has 0 radical (unpaired) electrons. The summed E-state index contributed by atoms with van der Waals surface area (Å²) in [6.07, 6.45) is 10.9. The number of rotatable bonds is 13. The van der Waals surface area contributed by atoms with Gasteiger partial charge in [-0.15, -0.1) is 0 Å². The Balaban J connectivity index is 1.35. The highest BCUT2D eigenvalue weighted by molar-refractivity contribution is 6.38. The van der Waals surface area contributed by atoms with Crippen LogP contribution in [-0.2, 0) is 24.0 Å². The zero-order valence-electron chi connectivity index (χ0n) is 28.4. The zero-order chi connectivity index (χ0) is 34.6. The number of Topliss-reactive ketones (excluding diaryl/α,β-unsaturated/α-hetero) is 1. The van der Waals surface area contributed by atoms with Gasteiger partial charge in [0.1, 0.15) is 23.8 Å². The Hall–Kier alpha value is -3.94. The van der Waals surface area contributed by atoms with Crippen molar-refractivity contribution in [1.29, 1.82) is 0 Å². The molecule has 14 heteroatoms. The van der Waals surface area contributed by atoms with Crippen molar-refractivity contribution >= 4 is 35.3 Å². The van der Waals surface area contributed by atoms with E-state index in [1.165, 1.54) is 23.5 Å². The lowest BCUT2D eigenvalue weighted by atomic mass is 9.84. The van der Waals surface area contributed by atoms with Gasteiger partial charge in [0.05, 0.1) is 12.2 Å². The first-order chi connectivity index (χ1) is 22.9. The first-order valence-electron chi connectivity index (χ1n) is 17.4. The zero-order valence-corrected chi connectivity index (χ0v) is 28.4. The fourth-order valence-corrected chi connectivity index (χ4v) is 7.27. The van der Waals surface area contributed by atoms with Crippen molar-refractivity contribution in [2.45, 2.75) is 122 Å². The summed E-state index contributed by atoms with van der Waals surface area (Å²) in [5.41, 5.74) is -0.665. The second kappa shape index (κ2) is 15.1. The van der Waals surface area contributed by atoms with Crippen molar-refractivity contribution in [2.24, 2.45) is 17.3 Å². The third-order valence-electron chi connectivity index (χ3n) is 10.0. The van der Waals surface area contributed by atoms with Crippen molar-refractivity contribution in [1.82, 2.24) is 41.5 Å². The van der Waals surface area contributed by atoms with Gasteiger partial charge in [-0.3, -0.25) is 33.8 Å². The minimum Gasteiger partial charge on any atom is -0.347 e. The Morgan fingerprint density at radius 3 is 2.33 bits per heavy atom. The molecule has 48 heavy (non-hydrogen) atoms. The molecule has 2 aliphatic carbocycles. The molecule has 1 aromatic heterocycles. The van der Waals surface area contributed by atoms with Gasteiger partial charge in [-0.2, -0.15) is 0 Å². The smallest absolute Gasteiger partial charge is 0.289 e. The van der Waals surface area contributed by atoms with Crippen molar-refractivity contribution in [3.05, 3.63) is 24.3 Å². The topological polar surface area (TPSA) is 192 Å². The molecule has 1 aromatic rings. The van der Waals surface area contributed by atoms with Crippen molar-refractivity contribution in [3.8, 4) is 0 Å². The molecule has 1 unspecified atom stereocenters. The highest BCUT2D eigenvalue weighted by Gasteiger charge is 2.52. The van der Waals surface area contributed by atoms with E-state index < -0.39 is 64.9 Å². The van der Waals surface area contributed by atoms with Gasteiger partial charge < -0.3 is 31.5 Å². The highest BCUT2D eigenvalue weighted by Crippen LogP contribution is 2.34. The van der Waals surface area contributed by atoms with Crippen molar-refractivity contribution in [3.63, 3.8) is 0 Å². The molecule has 5 N–H and O–H groups in total. The Bertz CT molecular complexity index is 1370. The first-order valence-corrected chi connectivity index (χ1v) is 17.4. The maximum absolute atomic E-state index is 14.5. The van der Waals surface area contributed by atoms with E-state index in [9.17, 15) is 28.8 Å². The fourth-order valence-electron chi connectivity index (χ4n) is 7.27. The van der Waals surface area contributed by atoms with Gasteiger partial charge in [-0.05, 0) is 62.3 Å². The summed E-state index contributed by atoms with van der Waals surface area (Å²) >= 11 is 0. The molecule has 2 aliphatic heterocycles. The molecule has 3 heterocycles. The van der Waals surface area contributed by atoms with E-state index >= 15 is 0 Å². The molecular formula is C34H50N8O6. The van der Waals surface area contributed by atoms with Gasteiger partial charge in [0, 0.05) is 31.0 Å². The van der Waals surface area contributed by atoms with Crippen LogP contribution >= 0.6 is 0 Å². The Morgan fingerprint density at radius 1 is 0.979 bits per heavy atom. The number of nitrogens with zero attached hydrogens (tertiary/aromatic N) is 3. The predicted molar refractivity (Wildman–Crippen MR) is 175 cm³/mol. The number of carbonyl (C=O) groups is 6. The molecule has 6 atom stereocenters. The standard InChI is InChI=1S/C34H50N8O6/c1-5-8-22(27(43)32(47)38-21-11-12-21)39-31(46)26-24-20(13-14-37-24)18-42(26)33(48)28(34(2,3)4)41-30(45)25(19-9-6-7-10-19)40-29(44)23-17-35-15-16-36-23/h15-17,19-22,24-26,28,37H,5-14,18H2,1-4H3,(H,38,47)(H,39,46)(H,40,44)(H,41,45)/t20?,22-,24-,25-,26-,28+/m0/s1. The number of hydrogen-bond donors (Lipinski definition) is 5. The van der Waals surface area contributed by atoms with Gasteiger partial charge in [0.15, 0.2) is 0 Å². The van der Waals surface area contributed by atoms with E-state index in [-0.39, 0.29) is 36.0 Å². The summed E-state index contributed by atoms with van der Waals surface area (Å²) in [4.78, 5) is 90.9. The van der Waals surface area contributed by atoms with Crippen LogP contribution in [-0.4, -0.2) is 99.5 Å². The maximum atomic E-state index is 14.5. The second-order valence-electron chi connectivity index (χ2n) is 14.8. The first kappa shape index (κ1) is 35.4. The normalized spacial score (nSPS) is 24.2. The van der Waals surface area contributed by atoms with Crippen LogP contribution in [0.1, 0.15) is 96.0 Å². The number of carbonyl (C=O) groups excluding carboxylic acids is 6. The molecule has 4 aliphatic rings. The van der Waals surface area contributed by atoms with E-state index in [0.29, 0.717) is 19.5 Å². The minimum absolute atomic E-state index is 0.00367. The number of likely N-dealkylation sites (tertiary alicyclic amines) is 1.